The Morgan fingerprint density at radius 3 is 2.70 bits per heavy atom. The second-order valence-electron chi connectivity index (χ2n) is 6.22. The molecule has 2 heterocycles. The number of carbonyl (C=O) groups is 1. The quantitative estimate of drug-likeness (QED) is 0.828. The zero-order valence-corrected chi connectivity index (χ0v) is 16.2. The van der Waals surface area contributed by atoms with Crippen molar-refractivity contribution in [1.29, 1.82) is 0 Å². The van der Waals surface area contributed by atoms with Crippen LogP contribution in [0.2, 0.25) is 5.02 Å². The van der Waals surface area contributed by atoms with Crippen LogP contribution >= 0.6 is 11.6 Å². The lowest BCUT2D eigenvalue weighted by Crippen LogP contribution is -2.49. The maximum atomic E-state index is 11.8. The molecule has 27 heavy (non-hydrogen) atoms. The summed E-state index contributed by atoms with van der Waals surface area (Å²) >= 11 is 6.01. The lowest BCUT2D eigenvalue weighted by molar-refractivity contribution is 0.105. The number of rotatable bonds is 4. The van der Waals surface area contributed by atoms with Gasteiger partial charge < -0.3 is 25.6 Å². The zero-order valence-electron chi connectivity index (χ0n) is 15.4. The first-order valence-electron chi connectivity index (χ1n) is 8.80. The molecule has 1 aliphatic heterocycles. The third kappa shape index (κ3) is 4.33. The van der Waals surface area contributed by atoms with E-state index in [4.69, 9.17) is 22.1 Å². The second-order valence-corrected chi connectivity index (χ2v) is 6.65. The van der Waals surface area contributed by atoms with Gasteiger partial charge in [0.15, 0.2) is 11.6 Å². The van der Waals surface area contributed by atoms with Crippen LogP contribution in [0.4, 0.5) is 27.8 Å². The van der Waals surface area contributed by atoms with Gasteiger partial charge in [0.2, 0.25) is 0 Å². The zero-order chi connectivity index (χ0) is 19.4. The fourth-order valence-electron chi connectivity index (χ4n) is 2.95. The number of benzene rings is 1. The molecule has 0 unspecified atom stereocenters. The van der Waals surface area contributed by atoms with E-state index in [0.717, 1.165) is 11.3 Å². The van der Waals surface area contributed by atoms with E-state index in [1.807, 2.05) is 30.0 Å². The molecule has 0 aliphatic carbocycles. The summed E-state index contributed by atoms with van der Waals surface area (Å²) in [6, 6.07) is 5.57. The highest BCUT2D eigenvalue weighted by molar-refractivity contribution is 6.30. The number of nitrogens with one attached hydrogen (secondary N) is 1. The van der Waals surface area contributed by atoms with Crippen LogP contribution in [0.25, 0.3) is 0 Å². The highest BCUT2D eigenvalue weighted by Gasteiger charge is 2.24. The fraction of sp³-hybridized carbons (Fsp3) is 0.389. The van der Waals surface area contributed by atoms with Crippen LogP contribution in [0, 0.1) is 6.92 Å². The van der Waals surface area contributed by atoms with Crippen LogP contribution in [0.3, 0.4) is 0 Å². The van der Waals surface area contributed by atoms with Gasteiger partial charge in [0.25, 0.3) is 0 Å². The summed E-state index contributed by atoms with van der Waals surface area (Å²) in [5, 5.41) is 3.92. The molecule has 0 spiro atoms. The van der Waals surface area contributed by atoms with E-state index in [1.165, 1.54) is 6.33 Å². The number of nitrogens with zero attached hydrogens (tertiary/aromatic N) is 4. The number of piperazine rings is 1. The minimum absolute atomic E-state index is 0.284. The highest BCUT2D eigenvalue weighted by Crippen LogP contribution is 2.30. The first kappa shape index (κ1) is 19.0. The second kappa shape index (κ2) is 8.30. The van der Waals surface area contributed by atoms with E-state index >= 15 is 0 Å². The summed E-state index contributed by atoms with van der Waals surface area (Å²) in [7, 11) is 0. The van der Waals surface area contributed by atoms with Crippen molar-refractivity contribution in [2.24, 2.45) is 0 Å². The summed E-state index contributed by atoms with van der Waals surface area (Å²) in [5.41, 5.74) is 8.66. The Bertz CT molecular complexity index is 823. The van der Waals surface area contributed by atoms with Gasteiger partial charge in [-0.15, -0.1) is 0 Å². The Hall–Kier alpha value is -2.74. The van der Waals surface area contributed by atoms with Gasteiger partial charge in [-0.3, -0.25) is 0 Å². The van der Waals surface area contributed by atoms with Crippen LogP contribution < -0.4 is 16.0 Å². The molecule has 1 aliphatic rings. The molecule has 1 aromatic heterocycles. The molecule has 0 radical (unpaired) electrons. The summed E-state index contributed by atoms with van der Waals surface area (Å²) in [5.74, 6) is 1.20. The number of halogens is 1. The van der Waals surface area contributed by atoms with Gasteiger partial charge in [0, 0.05) is 36.9 Å². The lowest BCUT2D eigenvalue weighted by Gasteiger charge is -2.35. The Kier molecular flexibility index (Phi) is 5.85. The summed E-state index contributed by atoms with van der Waals surface area (Å²) in [6.45, 7) is 6.49. The van der Waals surface area contributed by atoms with E-state index in [2.05, 4.69) is 15.3 Å². The first-order valence-corrected chi connectivity index (χ1v) is 9.17. The molecule has 0 atom stereocenters. The van der Waals surface area contributed by atoms with Gasteiger partial charge >= 0.3 is 6.09 Å². The van der Waals surface area contributed by atoms with Crippen molar-refractivity contribution in [3.05, 3.63) is 35.1 Å². The van der Waals surface area contributed by atoms with Crippen molar-refractivity contribution < 1.29 is 9.53 Å². The van der Waals surface area contributed by atoms with E-state index in [1.54, 1.807) is 11.8 Å². The average molecular weight is 391 g/mol. The number of nitrogens with two attached hydrogens (primary N) is 1. The molecule has 1 saturated heterocycles. The predicted octanol–water partition coefficient (Wildman–Crippen LogP) is 3.04. The Morgan fingerprint density at radius 1 is 1.30 bits per heavy atom. The smallest absolute Gasteiger partial charge is 0.409 e. The molecule has 1 fully saturated rings. The van der Waals surface area contributed by atoms with Crippen LogP contribution in [0.1, 0.15) is 12.5 Å². The van der Waals surface area contributed by atoms with Gasteiger partial charge in [-0.25, -0.2) is 14.8 Å². The third-order valence-corrected chi connectivity index (χ3v) is 4.64. The van der Waals surface area contributed by atoms with Gasteiger partial charge in [0.05, 0.1) is 6.61 Å². The summed E-state index contributed by atoms with van der Waals surface area (Å²) in [4.78, 5) is 24.2. The van der Waals surface area contributed by atoms with Crippen molar-refractivity contribution >= 4 is 40.7 Å². The molecule has 2 aromatic rings. The van der Waals surface area contributed by atoms with E-state index in [9.17, 15) is 4.79 Å². The molecule has 1 aromatic carbocycles. The Morgan fingerprint density at radius 2 is 2.04 bits per heavy atom. The molecule has 3 rings (SSSR count). The number of ether oxygens (including phenoxy) is 1. The van der Waals surface area contributed by atoms with E-state index < -0.39 is 0 Å². The Labute approximate surface area is 163 Å². The van der Waals surface area contributed by atoms with Gasteiger partial charge in [-0.1, -0.05) is 11.6 Å². The fourth-order valence-corrected chi connectivity index (χ4v) is 3.18. The van der Waals surface area contributed by atoms with Crippen molar-refractivity contribution in [2.75, 3.05) is 48.7 Å². The maximum Gasteiger partial charge on any atom is 0.409 e. The van der Waals surface area contributed by atoms with E-state index in [0.29, 0.717) is 55.1 Å². The highest BCUT2D eigenvalue weighted by atomic mass is 35.5. The molecule has 1 amide bonds. The number of aryl methyl sites for hydroxylation is 1. The molecule has 0 saturated carbocycles. The van der Waals surface area contributed by atoms with Crippen LogP contribution in [-0.2, 0) is 4.74 Å². The number of carbonyl (C=O) groups excluding carboxylic acids is 1. The molecule has 9 heteroatoms. The third-order valence-electron chi connectivity index (χ3n) is 4.41. The monoisotopic (exact) mass is 390 g/mol. The van der Waals surface area contributed by atoms with Crippen molar-refractivity contribution in [2.45, 2.75) is 13.8 Å². The normalized spacial score (nSPS) is 14.2. The lowest BCUT2D eigenvalue weighted by atomic mass is 10.2. The number of anilines is 4. The SMILES string of the molecule is CCOC(=O)N1CCN(c2ncnc(Nc3ccc(Cl)cc3C)c2N)CC1. The molecular weight excluding hydrogens is 368 g/mol. The molecule has 8 nitrogen and oxygen atoms in total. The molecule has 0 bridgehead atoms. The predicted molar refractivity (Wildman–Crippen MR) is 107 cm³/mol. The minimum Gasteiger partial charge on any atom is -0.450 e. The van der Waals surface area contributed by atoms with Crippen LogP contribution in [-0.4, -0.2) is 53.7 Å². The molecular formula is C18H23ClN6O2. The van der Waals surface area contributed by atoms with Gasteiger partial charge in [-0.05, 0) is 37.6 Å². The van der Waals surface area contributed by atoms with Crippen molar-refractivity contribution in [3.63, 3.8) is 0 Å². The van der Waals surface area contributed by atoms with Crippen molar-refractivity contribution in [1.82, 2.24) is 14.9 Å². The number of aromatic nitrogens is 2. The Balaban J connectivity index is 1.73. The number of amides is 1. The summed E-state index contributed by atoms with van der Waals surface area (Å²) < 4.78 is 5.05. The summed E-state index contributed by atoms with van der Waals surface area (Å²) in [6.07, 6.45) is 1.20. The average Bonchev–Trinajstić information content (AvgIpc) is 2.66. The number of nitrogen functional groups attached to an aromatic ring is 1. The van der Waals surface area contributed by atoms with E-state index in [-0.39, 0.29) is 6.09 Å². The molecule has 144 valence electrons. The maximum absolute atomic E-state index is 11.8. The van der Waals surface area contributed by atoms with Crippen LogP contribution in [0.5, 0.6) is 0 Å². The minimum atomic E-state index is -0.284. The topological polar surface area (TPSA) is 96.6 Å². The van der Waals surface area contributed by atoms with Gasteiger partial charge in [-0.2, -0.15) is 0 Å². The van der Waals surface area contributed by atoms with Crippen LogP contribution in [0.15, 0.2) is 24.5 Å². The first-order chi connectivity index (χ1) is 13.0. The van der Waals surface area contributed by atoms with Gasteiger partial charge in [0.1, 0.15) is 12.0 Å². The van der Waals surface area contributed by atoms with Crippen molar-refractivity contribution in [3.8, 4) is 0 Å². The number of hydrogen-bond acceptors (Lipinski definition) is 7. The molecule has 3 N–H and O–H groups in total. The largest absolute Gasteiger partial charge is 0.450 e. The standard InChI is InChI=1S/C18H23ClN6O2/c1-3-27-18(26)25-8-6-24(7-9-25)17-15(20)16(21-11-22-17)23-14-5-4-13(19)10-12(14)2/h4-5,10-11H,3,6-9,20H2,1-2H3,(H,21,22,23). The number of hydrogen-bond donors (Lipinski definition) is 2.